The number of piperazine rings is 1. The molecule has 0 spiro atoms. The van der Waals surface area contributed by atoms with Gasteiger partial charge in [0.15, 0.2) is 16.4 Å². The Kier molecular flexibility index (Phi) is 6.02. The summed E-state index contributed by atoms with van der Waals surface area (Å²) in [5.41, 5.74) is 0. The predicted octanol–water partition coefficient (Wildman–Crippen LogP) is 1.09. The van der Waals surface area contributed by atoms with Crippen LogP contribution in [0.5, 0.6) is 0 Å². The molecule has 0 aromatic carbocycles. The lowest BCUT2D eigenvalue weighted by molar-refractivity contribution is -0.122. The summed E-state index contributed by atoms with van der Waals surface area (Å²) < 4.78 is 9.76. The molecule has 0 atom stereocenters. The number of carbonyl (C=O) groups is 1. The molecule has 1 saturated heterocycles. The monoisotopic (exact) mass is 376 g/mol. The van der Waals surface area contributed by atoms with Crippen LogP contribution < -0.4 is 5.32 Å². The molecule has 0 bridgehead atoms. The largest absolute Gasteiger partial charge is 0.461 e. The number of rotatable bonds is 7. The van der Waals surface area contributed by atoms with Crippen molar-refractivity contribution in [3.05, 3.63) is 35.8 Å². The lowest BCUT2D eigenvalue weighted by Crippen LogP contribution is -2.49. The van der Waals surface area contributed by atoms with Crippen LogP contribution in [0, 0.1) is 4.77 Å². The van der Waals surface area contributed by atoms with Crippen LogP contribution in [0.2, 0.25) is 0 Å². The van der Waals surface area contributed by atoms with Crippen LogP contribution >= 0.6 is 12.2 Å². The van der Waals surface area contributed by atoms with E-state index in [9.17, 15) is 4.79 Å². The first-order valence-electron chi connectivity index (χ1n) is 8.58. The maximum Gasteiger partial charge on any atom is 0.234 e. The van der Waals surface area contributed by atoms with E-state index in [4.69, 9.17) is 16.6 Å². The minimum absolute atomic E-state index is 0.0355. The van der Waals surface area contributed by atoms with Gasteiger partial charge in [-0.25, -0.2) is 4.68 Å². The molecule has 1 aliphatic heterocycles. The molecular formula is C17H24N6O2S. The maximum atomic E-state index is 11.8. The topological polar surface area (TPSA) is 71.5 Å². The van der Waals surface area contributed by atoms with Gasteiger partial charge in [-0.05, 0) is 24.4 Å². The molecule has 9 heteroatoms. The van der Waals surface area contributed by atoms with Gasteiger partial charge < -0.3 is 14.3 Å². The highest BCUT2D eigenvalue weighted by Gasteiger charge is 2.20. The van der Waals surface area contributed by atoms with Gasteiger partial charge in [0.2, 0.25) is 5.91 Å². The van der Waals surface area contributed by atoms with Gasteiger partial charge in [-0.1, -0.05) is 6.08 Å². The molecule has 3 heterocycles. The smallest absolute Gasteiger partial charge is 0.234 e. The average Bonchev–Trinajstić information content (AvgIpc) is 3.26. The summed E-state index contributed by atoms with van der Waals surface area (Å²) >= 11 is 5.50. The van der Waals surface area contributed by atoms with Crippen molar-refractivity contribution in [3.63, 3.8) is 0 Å². The van der Waals surface area contributed by atoms with E-state index >= 15 is 0 Å². The molecule has 0 unspecified atom stereocenters. The Balaban J connectivity index is 1.55. The van der Waals surface area contributed by atoms with Crippen molar-refractivity contribution in [2.45, 2.75) is 6.67 Å². The summed E-state index contributed by atoms with van der Waals surface area (Å²) in [6.45, 7) is 8.57. The van der Waals surface area contributed by atoms with E-state index < -0.39 is 0 Å². The molecule has 140 valence electrons. The summed E-state index contributed by atoms with van der Waals surface area (Å²) in [4.78, 5) is 16.2. The minimum Gasteiger partial charge on any atom is -0.461 e. The highest BCUT2D eigenvalue weighted by molar-refractivity contribution is 7.71. The van der Waals surface area contributed by atoms with Crippen molar-refractivity contribution in [2.24, 2.45) is 7.05 Å². The zero-order valence-corrected chi connectivity index (χ0v) is 15.7. The van der Waals surface area contributed by atoms with Crippen molar-refractivity contribution in [1.29, 1.82) is 0 Å². The summed E-state index contributed by atoms with van der Waals surface area (Å²) in [6, 6.07) is 3.71. The summed E-state index contributed by atoms with van der Waals surface area (Å²) in [6.07, 6.45) is 3.31. The number of nitrogens with one attached hydrogen (secondary N) is 1. The van der Waals surface area contributed by atoms with Gasteiger partial charge in [-0.15, -0.1) is 11.7 Å². The van der Waals surface area contributed by atoms with E-state index in [1.807, 2.05) is 28.4 Å². The highest BCUT2D eigenvalue weighted by atomic mass is 32.1. The van der Waals surface area contributed by atoms with Crippen molar-refractivity contribution in [3.8, 4) is 11.6 Å². The second kappa shape index (κ2) is 8.43. The molecule has 8 nitrogen and oxygen atoms in total. The number of hydrogen-bond donors (Lipinski definition) is 1. The molecule has 26 heavy (non-hydrogen) atoms. The van der Waals surface area contributed by atoms with Crippen LogP contribution in [-0.4, -0.2) is 69.3 Å². The van der Waals surface area contributed by atoms with Crippen molar-refractivity contribution in [1.82, 2.24) is 29.5 Å². The quantitative estimate of drug-likeness (QED) is 0.576. The molecular weight excluding hydrogens is 352 g/mol. The Labute approximate surface area is 157 Å². The molecule has 1 amide bonds. The van der Waals surface area contributed by atoms with Gasteiger partial charge in [0, 0.05) is 39.8 Å². The number of hydrogen-bond acceptors (Lipinski definition) is 6. The van der Waals surface area contributed by atoms with E-state index in [0.717, 1.165) is 32.0 Å². The molecule has 1 N–H and O–H groups in total. The van der Waals surface area contributed by atoms with Crippen LogP contribution in [0.4, 0.5) is 0 Å². The van der Waals surface area contributed by atoms with Crippen molar-refractivity contribution >= 4 is 18.1 Å². The standard InChI is InChI=1S/C17H24N6O2S/c1-3-6-18-15(24)12-21-7-9-22(10-8-21)13-23-17(26)20(2)16(19-23)14-5-4-11-25-14/h3-5,11H,1,6-10,12-13H2,2H3,(H,18,24). The Hall–Kier alpha value is -2.23. The zero-order valence-electron chi connectivity index (χ0n) is 14.9. The number of furan rings is 1. The van der Waals surface area contributed by atoms with E-state index in [-0.39, 0.29) is 5.91 Å². The van der Waals surface area contributed by atoms with Gasteiger partial charge in [-0.2, -0.15) is 0 Å². The number of nitrogens with zero attached hydrogens (tertiary/aromatic N) is 5. The Morgan fingerprint density at radius 3 is 2.77 bits per heavy atom. The van der Waals surface area contributed by atoms with Crippen LogP contribution in [0.25, 0.3) is 11.6 Å². The lowest BCUT2D eigenvalue weighted by atomic mass is 10.3. The van der Waals surface area contributed by atoms with E-state index in [1.54, 1.807) is 12.3 Å². The van der Waals surface area contributed by atoms with E-state index in [1.165, 1.54) is 0 Å². The average molecular weight is 376 g/mol. The molecule has 1 aliphatic rings. The first-order chi connectivity index (χ1) is 12.6. The van der Waals surface area contributed by atoms with Gasteiger partial charge in [0.05, 0.1) is 19.5 Å². The third kappa shape index (κ3) is 4.29. The SMILES string of the molecule is C=CCNC(=O)CN1CCN(Cn2nc(-c3ccco3)n(C)c2=S)CC1. The third-order valence-corrected chi connectivity index (χ3v) is 4.88. The Morgan fingerprint density at radius 1 is 1.38 bits per heavy atom. The fourth-order valence-electron chi connectivity index (χ4n) is 2.92. The van der Waals surface area contributed by atoms with Crippen LogP contribution in [0.1, 0.15) is 0 Å². The first-order valence-corrected chi connectivity index (χ1v) is 8.99. The fraction of sp³-hybridized carbons (Fsp3) is 0.471. The van der Waals surface area contributed by atoms with Gasteiger partial charge in [0.25, 0.3) is 0 Å². The summed E-state index contributed by atoms with van der Waals surface area (Å²) in [5, 5.41) is 7.41. The number of carbonyl (C=O) groups excluding carboxylic acids is 1. The molecule has 0 saturated carbocycles. The highest BCUT2D eigenvalue weighted by Crippen LogP contribution is 2.17. The molecule has 2 aromatic heterocycles. The van der Waals surface area contributed by atoms with Gasteiger partial charge in [0.1, 0.15) is 0 Å². The van der Waals surface area contributed by atoms with E-state index in [0.29, 0.717) is 30.3 Å². The molecule has 3 rings (SSSR count). The van der Waals surface area contributed by atoms with Crippen molar-refractivity contribution in [2.75, 3.05) is 39.3 Å². The molecule has 2 aromatic rings. The Morgan fingerprint density at radius 2 is 2.12 bits per heavy atom. The fourth-order valence-corrected chi connectivity index (χ4v) is 3.11. The summed E-state index contributed by atoms with van der Waals surface area (Å²) in [5.74, 6) is 1.46. The normalized spacial score (nSPS) is 15.9. The molecule has 0 radical (unpaired) electrons. The van der Waals surface area contributed by atoms with Crippen LogP contribution in [0.3, 0.4) is 0 Å². The minimum atomic E-state index is 0.0355. The summed E-state index contributed by atoms with van der Waals surface area (Å²) in [7, 11) is 1.89. The second-order valence-corrected chi connectivity index (χ2v) is 6.64. The van der Waals surface area contributed by atoms with Crippen LogP contribution in [0.15, 0.2) is 35.5 Å². The first kappa shape index (κ1) is 18.6. The van der Waals surface area contributed by atoms with E-state index in [2.05, 4.69) is 26.8 Å². The van der Waals surface area contributed by atoms with Gasteiger partial charge >= 0.3 is 0 Å². The van der Waals surface area contributed by atoms with Gasteiger partial charge in [-0.3, -0.25) is 14.6 Å². The van der Waals surface area contributed by atoms with Crippen molar-refractivity contribution < 1.29 is 9.21 Å². The molecule has 1 fully saturated rings. The lowest BCUT2D eigenvalue weighted by Gasteiger charge is -2.33. The zero-order chi connectivity index (χ0) is 18.5. The predicted molar refractivity (Wildman–Crippen MR) is 101 cm³/mol. The van der Waals surface area contributed by atoms with Crippen LogP contribution in [-0.2, 0) is 18.5 Å². The third-order valence-electron chi connectivity index (χ3n) is 4.39. The molecule has 0 aliphatic carbocycles. The maximum absolute atomic E-state index is 11.8. The Bertz CT molecular complexity index is 802. The number of amides is 1. The second-order valence-electron chi connectivity index (χ2n) is 6.27. The number of aromatic nitrogens is 3.